The molecule has 33 heavy (non-hydrogen) atoms. The maximum absolute atomic E-state index is 12.7. The number of carbonyl (C=O) groups excluding carboxylic acids is 3. The summed E-state index contributed by atoms with van der Waals surface area (Å²) < 4.78 is 0. The van der Waals surface area contributed by atoms with Crippen LogP contribution >= 0.6 is 11.3 Å². The van der Waals surface area contributed by atoms with Crippen molar-refractivity contribution in [3.63, 3.8) is 0 Å². The Balaban J connectivity index is 1.39. The third-order valence-corrected chi connectivity index (χ3v) is 6.37. The van der Waals surface area contributed by atoms with Gasteiger partial charge in [-0.25, -0.2) is 4.98 Å². The Hall–Kier alpha value is -3.52. The van der Waals surface area contributed by atoms with Gasteiger partial charge in [0.1, 0.15) is 0 Å². The summed E-state index contributed by atoms with van der Waals surface area (Å²) in [6, 6.07) is 14.9. The lowest BCUT2D eigenvalue weighted by Gasteiger charge is -2.26. The van der Waals surface area contributed by atoms with Gasteiger partial charge in [0, 0.05) is 42.1 Å². The highest BCUT2D eigenvalue weighted by Gasteiger charge is 2.20. The molecule has 1 unspecified atom stereocenters. The highest BCUT2D eigenvalue weighted by atomic mass is 32.1. The summed E-state index contributed by atoms with van der Waals surface area (Å²) in [5.41, 5.74) is 4.04. The summed E-state index contributed by atoms with van der Waals surface area (Å²) in [6.07, 6.45) is 2.51. The van der Waals surface area contributed by atoms with Gasteiger partial charge in [-0.2, -0.15) is 0 Å². The van der Waals surface area contributed by atoms with E-state index in [0.29, 0.717) is 17.1 Å². The highest BCUT2D eigenvalue weighted by molar-refractivity contribution is 7.14. The van der Waals surface area contributed by atoms with Gasteiger partial charge in [0.15, 0.2) is 5.13 Å². The molecule has 1 aliphatic rings. The van der Waals surface area contributed by atoms with Gasteiger partial charge in [0.05, 0.1) is 11.7 Å². The third-order valence-electron chi connectivity index (χ3n) is 5.62. The number of hydrogen-bond acceptors (Lipinski definition) is 5. The molecule has 8 heteroatoms. The van der Waals surface area contributed by atoms with Gasteiger partial charge in [-0.05, 0) is 49.6 Å². The van der Waals surface area contributed by atoms with Crippen LogP contribution < -0.4 is 15.5 Å². The standard InChI is InChI=1S/C25H26N4O3S/c1-16(26-17(2)30)18-6-8-19(9-7-18)22-15-33-25(27-22)28-24(32)20-10-12-21(13-11-20)29-14-4-3-5-23(29)31/h6-13,15-16H,3-5,14H2,1-2H3,(H,26,30)(H,27,28,32). The predicted molar refractivity (Wildman–Crippen MR) is 130 cm³/mol. The average Bonchev–Trinajstić information content (AvgIpc) is 3.27. The molecule has 7 nitrogen and oxygen atoms in total. The van der Waals surface area contributed by atoms with E-state index in [1.54, 1.807) is 17.0 Å². The number of thiazole rings is 1. The lowest BCUT2D eigenvalue weighted by molar-refractivity contribution is -0.120. The zero-order chi connectivity index (χ0) is 23.4. The Kier molecular flexibility index (Phi) is 6.84. The van der Waals surface area contributed by atoms with Crippen molar-refractivity contribution in [2.45, 2.75) is 39.2 Å². The van der Waals surface area contributed by atoms with Gasteiger partial charge in [0.2, 0.25) is 11.8 Å². The Morgan fingerprint density at radius 2 is 1.79 bits per heavy atom. The quantitative estimate of drug-likeness (QED) is 0.552. The minimum atomic E-state index is -0.244. The van der Waals surface area contributed by atoms with Crippen molar-refractivity contribution in [3.8, 4) is 11.3 Å². The zero-order valence-electron chi connectivity index (χ0n) is 18.6. The number of rotatable bonds is 6. The van der Waals surface area contributed by atoms with Gasteiger partial charge in [0.25, 0.3) is 5.91 Å². The zero-order valence-corrected chi connectivity index (χ0v) is 19.4. The summed E-state index contributed by atoms with van der Waals surface area (Å²) in [7, 11) is 0. The fourth-order valence-electron chi connectivity index (χ4n) is 3.84. The molecule has 0 spiro atoms. The second-order valence-electron chi connectivity index (χ2n) is 8.09. The second-order valence-corrected chi connectivity index (χ2v) is 8.94. The van der Waals surface area contributed by atoms with E-state index in [0.717, 1.165) is 41.9 Å². The molecule has 2 aromatic carbocycles. The summed E-state index contributed by atoms with van der Waals surface area (Å²) >= 11 is 1.36. The van der Waals surface area contributed by atoms with Gasteiger partial charge in [-0.3, -0.25) is 19.7 Å². The molecule has 0 radical (unpaired) electrons. The van der Waals surface area contributed by atoms with E-state index in [9.17, 15) is 14.4 Å². The van der Waals surface area contributed by atoms with Crippen molar-refractivity contribution in [2.24, 2.45) is 0 Å². The SMILES string of the molecule is CC(=O)NC(C)c1ccc(-c2csc(NC(=O)c3ccc(N4CCCCC4=O)cc3)n2)cc1. The maximum atomic E-state index is 12.7. The van der Waals surface area contributed by atoms with Crippen LogP contribution in [0.3, 0.4) is 0 Å². The van der Waals surface area contributed by atoms with Crippen LogP contribution in [-0.2, 0) is 9.59 Å². The first kappa shape index (κ1) is 22.7. The Morgan fingerprint density at radius 1 is 1.06 bits per heavy atom. The van der Waals surface area contributed by atoms with Crippen LogP contribution in [0.5, 0.6) is 0 Å². The molecule has 1 aliphatic heterocycles. The third kappa shape index (κ3) is 5.46. The maximum Gasteiger partial charge on any atom is 0.257 e. The first-order chi connectivity index (χ1) is 15.9. The van der Waals surface area contributed by atoms with E-state index in [1.165, 1.54) is 18.3 Å². The summed E-state index contributed by atoms with van der Waals surface area (Å²) in [6.45, 7) is 4.16. The number of aromatic nitrogens is 1. The van der Waals surface area contributed by atoms with Crippen LogP contribution in [0.1, 0.15) is 55.1 Å². The molecule has 4 rings (SSSR count). The number of nitrogens with one attached hydrogen (secondary N) is 2. The van der Waals surface area contributed by atoms with Crippen molar-refractivity contribution in [1.82, 2.24) is 10.3 Å². The Morgan fingerprint density at radius 3 is 2.45 bits per heavy atom. The van der Waals surface area contributed by atoms with Crippen molar-refractivity contribution in [1.29, 1.82) is 0 Å². The van der Waals surface area contributed by atoms with E-state index in [-0.39, 0.29) is 23.8 Å². The van der Waals surface area contributed by atoms with E-state index in [2.05, 4.69) is 15.6 Å². The van der Waals surface area contributed by atoms with Gasteiger partial charge in [-0.1, -0.05) is 24.3 Å². The van der Waals surface area contributed by atoms with Crippen LogP contribution in [0.15, 0.2) is 53.9 Å². The number of benzene rings is 2. The normalized spacial score (nSPS) is 14.6. The summed E-state index contributed by atoms with van der Waals surface area (Å²) in [5, 5.41) is 8.12. The molecule has 2 heterocycles. The molecule has 3 aromatic rings. The van der Waals surface area contributed by atoms with Crippen LogP contribution in [0.2, 0.25) is 0 Å². The first-order valence-corrected chi connectivity index (χ1v) is 11.8. The molecule has 3 amide bonds. The molecule has 1 fully saturated rings. The number of amides is 3. The summed E-state index contributed by atoms with van der Waals surface area (Å²) in [4.78, 5) is 42.3. The van der Waals surface area contributed by atoms with Crippen molar-refractivity contribution >= 4 is 39.9 Å². The van der Waals surface area contributed by atoms with E-state index < -0.39 is 0 Å². The molecule has 1 saturated heterocycles. The second kappa shape index (κ2) is 9.95. The van der Waals surface area contributed by atoms with Crippen LogP contribution in [-0.4, -0.2) is 29.3 Å². The number of piperidine rings is 1. The number of carbonyl (C=O) groups is 3. The predicted octanol–water partition coefficient (Wildman–Crippen LogP) is 4.78. The fraction of sp³-hybridized carbons (Fsp3) is 0.280. The first-order valence-electron chi connectivity index (χ1n) is 11.0. The van der Waals surface area contributed by atoms with Gasteiger partial charge in [-0.15, -0.1) is 11.3 Å². The largest absolute Gasteiger partial charge is 0.350 e. The molecule has 0 bridgehead atoms. The van der Waals surface area contributed by atoms with Crippen molar-refractivity contribution in [2.75, 3.05) is 16.8 Å². The molecule has 170 valence electrons. The molecular weight excluding hydrogens is 436 g/mol. The monoisotopic (exact) mass is 462 g/mol. The number of nitrogens with zero attached hydrogens (tertiary/aromatic N) is 2. The van der Waals surface area contributed by atoms with Crippen LogP contribution in [0.4, 0.5) is 10.8 Å². The van der Waals surface area contributed by atoms with E-state index in [4.69, 9.17) is 0 Å². The van der Waals surface area contributed by atoms with Crippen molar-refractivity contribution in [3.05, 3.63) is 65.0 Å². The molecule has 1 aromatic heterocycles. The smallest absolute Gasteiger partial charge is 0.257 e. The number of anilines is 2. The van der Waals surface area contributed by atoms with E-state index >= 15 is 0 Å². The minimum absolute atomic E-state index is 0.0683. The lowest BCUT2D eigenvalue weighted by Crippen LogP contribution is -2.35. The van der Waals surface area contributed by atoms with Crippen LogP contribution in [0, 0.1) is 0 Å². The highest BCUT2D eigenvalue weighted by Crippen LogP contribution is 2.27. The Labute approximate surface area is 196 Å². The summed E-state index contributed by atoms with van der Waals surface area (Å²) in [5.74, 6) is -0.181. The minimum Gasteiger partial charge on any atom is -0.350 e. The molecular formula is C25H26N4O3S. The molecule has 1 atom stereocenters. The Bertz CT molecular complexity index is 1160. The molecule has 0 aliphatic carbocycles. The van der Waals surface area contributed by atoms with Gasteiger partial charge >= 0.3 is 0 Å². The van der Waals surface area contributed by atoms with Gasteiger partial charge < -0.3 is 10.2 Å². The topological polar surface area (TPSA) is 91.4 Å². The lowest BCUT2D eigenvalue weighted by atomic mass is 10.1. The molecule has 2 N–H and O–H groups in total. The fourth-order valence-corrected chi connectivity index (χ4v) is 4.55. The van der Waals surface area contributed by atoms with Crippen molar-refractivity contribution < 1.29 is 14.4 Å². The van der Waals surface area contributed by atoms with E-state index in [1.807, 2.05) is 48.7 Å². The number of hydrogen-bond donors (Lipinski definition) is 2. The molecule has 0 saturated carbocycles. The van der Waals surface area contributed by atoms with Crippen LogP contribution in [0.25, 0.3) is 11.3 Å². The average molecular weight is 463 g/mol.